The van der Waals surface area contributed by atoms with Gasteiger partial charge in [-0.3, -0.25) is 14.2 Å². The van der Waals surface area contributed by atoms with E-state index in [1.54, 1.807) is 35.1 Å². The molecule has 1 atom stereocenters. The first-order valence-electron chi connectivity index (χ1n) is 10.1. The van der Waals surface area contributed by atoms with E-state index >= 15 is 0 Å². The molecule has 1 unspecified atom stereocenters. The quantitative estimate of drug-likeness (QED) is 0.372. The van der Waals surface area contributed by atoms with Crippen LogP contribution in [0.4, 0.5) is 10.2 Å². The molecule has 0 aliphatic carbocycles. The molecule has 0 bridgehead atoms. The number of nitrogens with one attached hydrogen (secondary N) is 2. The highest BCUT2D eigenvalue weighted by Crippen LogP contribution is 2.28. The SMILES string of the molecule is CC(=O)c1c[nH]c2ncnc(NC(C)c3cn4ccc(Cl)c4c(=O)n3-c3cccc(F)c3)c12. The van der Waals surface area contributed by atoms with Crippen LogP contribution in [0.25, 0.3) is 22.2 Å². The van der Waals surface area contributed by atoms with Crippen LogP contribution < -0.4 is 10.9 Å². The average molecular weight is 465 g/mol. The zero-order valence-electron chi connectivity index (χ0n) is 17.6. The van der Waals surface area contributed by atoms with Crippen molar-refractivity contribution in [2.75, 3.05) is 5.32 Å². The van der Waals surface area contributed by atoms with Gasteiger partial charge in [-0.1, -0.05) is 17.7 Å². The lowest BCUT2D eigenvalue weighted by molar-refractivity contribution is 0.101. The Morgan fingerprint density at radius 1 is 1.27 bits per heavy atom. The van der Waals surface area contributed by atoms with Crippen LogP contribution in [0.2, 0.25) is 5.02 Å². The van der Waals surface area contributed by atoms with Crippen molar-refractivity contribution in [3.63, 3.8) is 0 Å². The van der Waals surface area contributed by atoms with Crippen molar-refractivity contribution < 1.29 is 9.18 Å². The molecule has 10 heteroatoms. The lowest BCUT2D eigenvalue weighted by atomic mass is 10.1. The largest absolute Gasteiger partial charge is 0.361 e. The third-order valence-electron chi connectivity index (χ3n) is 5.51. The summed E-state index contributed by atoms with van der Waals surface area (Å²) < 4.78 is 17.1. The van der Waals surface area contributed by atoms with E-state index in [9.17, 15) is 14.0 Å². The van der Waals surface area contributed by atoms with E-state index in [0.29, 0.717) is 38.8 Å². The average Bonchev–Trinajstić information content (AvgIpc) is 3.38. The van der Waals surface area contributed by atoms with Crippen molar-refractivity contribution in [3.05, 3.63) is 87.7 Å². The Kier molecular flexibility index (Phi) is 4.98. The lowest BCUT2D eigenvalue weighted by Crippen LogP contribution is -2.27. The number of hydrogen-bond donors (Lipinski definition) is 2. The number of benzene rings is 1. The zero-order chi connectivity index (χ0) is 23.3. The van der Waals surface area contributed by atoms with Gasteiger partial charge < -0.3 is 14.7 Å². The van der Waals surface area contributed by atoms with Crippen molar-refractivity contribution in [2.45, 2.75) is 19.9 Å². The van der Waals surface area contributed by atoms with Crippen LogP contribution in [0, 0.1) is 5.82 Å². The molecule has 2 N–H and O–H groups in total. The second-order valence-corrected chi connectivity index (χ2v) is 8.07. The second kappa shape index (κ2) is 7.86. The van der Waals surface area contributed by atoms with Crippen molar-refractivity contribution in [1.29, 1.82) is 0 Å². The maximum absolute atomic E-state index is 14.0. The van der Waals surface area contributed by atoms with E-state index in [-0.39, 0.29) is 16.9 Å². The molecule has 1 aromatic carbocycles. The summed E-state index contributed by atoms with van der Waals surface area (Å²) in [6.45, 7) is 3.31. The van der Waals surface area contributed by atoms with Crippen LogP contribution in [-0.4, -0.2) is 29.7 Å². The predicted molar refractivity (Wildman–Crippen MR) is 124 cm³/mol. The van der Waals surface area contributed by atoms with Crippen LogP contribution >= 0.6 is 11.6 Å². The number of carbonyl (C=O) groups excluding carboxylic acids is 1. The minimum Gasteiger partial charge on any atom is -0.361 e. The highest BCUT2D eigenvalue weighted by atomic mass is 35.5. The summed E-state index contributed by atoms with van der Waals surface area (Å²) in [6.07, 6.45) is 6.42. The van der Waals surface area contributed by atoms with Crippen LogP contribution in [0.1, 0.15) is 35.9 Å². The van der Waals surface area contributed by atoms with Gasteiger partial charge in [-0.25, -0.2) is 14.4 Å². The Morgan fingerprint density at radius 2 is 2.09 bits per heavy atom. The van der Waals surface area contributed by atoms with Gasteiger partial charge in [0.2, 0.25) is 0 Å². The number of nitrogens with zero attached hydrogens (tertiary/aromatic N) is 4. The van der Waals surface area contributed by atoms with Crippen molar-refractivity contribution in [2.24, 2.45) is 0 Å². The smallest absolute Gasteiger partial charge is 0.281 e. The molecular weight excluding hydrogens is 447 g/mol. The standard InChI is InChI=1S/C23H18ClFN6O2/c1-12(29-22-19-16(13(2)32)9-26-21(19)27-11-28-22)18-10-30-7-6-17(24)20(30)23(33)31(18)15-5-3-4-14(25)8-15/h3-12H,1-2H3,(H2,26,27,28,29). The first-order valence-corrected chi connectivity index (χ1v) is 10.5. The Labute approximate surface area is 191 Å². The minimum atomic E-state index is -0.473. The maximum Gasteiger partial charge on any atom is 0.281 e. The Morgan fingerprint density at radius 3 is 2.85 bits per heavy atom. The number of ketones is 1. The monoisotopic (exact) mass is 464 g/mol. The summed E-state index contributed by atoms with van der Waals surface area (Å²) in [5, 5.41) is 4.14. The normalized spacial score (nSPS) is 12.4. The van der Waals surface area contributed by atoms with Gasteiger partial charge >= 0.3 is 0 Å². The van der Waals surface area contributed by atoms with Gasteiger partial charge in [-0.2, -0.15) is 0 Å². The van der Waals surface area contributed by atoms with E-state index in [1.165, 1.54) is 36.0 Å². The molecule has 166 valence electrons. The fourth-order valence-electron chi connectivity index (χ4n) is 3.98. The first-order chi connectivity index (χ1) is 15.8. The van der Waals surface area contributed by atoms with E-state index in [2.05, 4.69) is 20.3 Å². The molecule has 0 aliphatic heterocycles. The number of rotatable bonds is 5. The van der Waals surface area contributed by atoms with Gasteiger partial charge in [0.15, 0.2) is 5.78 Å². The highest BCUT2D eigenvalue weighted by Gasteiger charge is 2.21. The number of aromatic amines is 1. The van der Waals surface area contributed by atoms with Gasteiger partial charge in [0.25, 0.3) is 5.56 Å². The summed E-state index contributed by atoms with van der Waals surface area (Å²) in [5.74, 6) is -0.169. The lowest BCUT2D eigenvalue weighted by Gasteiger charge is -2.21. The Balaban J connectivity index is 1.70. The summed E-state index contributed by atoms with van der Waals surface area (Å²) in [7, 11) is 0. The number of hydrogen-bond acceptors (Lipinski definition) is 5. The van der Waals surface area contributed by atoms with Crippen LogP contribution in [0.5, 0.6) is 0 Å². The molecule has 0 saturated heterocycles. The molecule has 8 nitrogen and oxygen atoms in total. The van der Waals surface area contributed by atoms with Gasteiger partial charge in [-0.05, 0) is 38.1 Å². The summed E-state index contributed by atoms with van der Waals surface area (Å²) >= 11 is 6.25. The number of carbonyl (C=O) groups is 1. The molecule has 5 rings (SSSR count). The number of H-pyrrole nitrogens is 1. The fraction of sp³-hybridized carbons (Fsp3) is 0.130. The first kappa shape index (κ1) is 20.9. The van der Waals surface area contributed by atoms with E-state index in [0.717, 1.165) is 0 Å². The topological polar surface area (TPSA) is 97.1 Å². The summed E-state index contributed by atoms with van der Waals surface area (Å²) in [6, 6.07) is 6.94. The highest BCUT2D eigenvalue weighted by molar-refractivity contribution is 6.33. The number of aromatic nitrogens is 5. The third-order valence-corrected chi connectivity index (χ3v) is 5.82. The predicted octanol–water partition coefficient (Wildman–Crippen LogP) is 4.53. The van der Waals surface area contributed by atoms with Crippen LogP contribution in [0.3, 0.4) is 0 Å². The Hall–Kier alpha value is -3.98. The molecule has 0 amide bonds. The van der Waals surface area contributed by atoms with Crippen molar-refractivity contribution in [3.8, 4) is 5.69 Å². The molecule has 33 heavy (non-hydrogen) atoms. The molecule has 0 spiro atoms. The third kappa shape index (κ3) is 3.46. The summed E-state index contributed by atoms with van der Waals surface area (Å²) in [5.41, 5.74) is 1.77. The fourth-order valence-corrected chi connectivity index (χ4v) is 4.22. The second-order valence-electron chi connectivity index (χ2n) is 7.66. The molecule has 4 heterocycles. The minimum absolute atomic E-state index is 0.133. The molecule has 0 saturated carbocycles. The molecular formula is C23H18ClFN6O2. The molecule has 0 radical (unpaired) electrons. The Bertz CT molecular complexity index is 1600. The van der Waals surface area contributed by atoms with Gasteiger partial charge in [0.1, 0.15) is 29.1 Å². The zero-order valence-corrected chi connectivity index (χ0v) is 18.4. The number of anilines is 1. The van der Waals surface area contributed by atoms with Gasteiger partial charge in [-0.15, -0.1) is 0 Å². The van der Waals surface area contributed by atoms with Crippen molar-refractivity contribution in [1.82, 2.24) is 23.9 Å². The molecule has 5 aromatic rings. The molecule has 4 aromatic heterocycles. The number of halogens is 2. The maximum atomic E-state index is 14.0. The van der Waals surface area contributed by atoms with Gasteiger partial charge in [0.05, 0.1) is 27.8 Å². The number of fused-ring (bicyclic) bond motifs is 2. The summed E-state index contributed by atoms with van der Waals surface area (Å²) in [4.78, 5) is 37.0. The van der Waals surface area contributed by atoms with E-state index in [4.69, 9.17) is 11.6 Å². The van der Waals surface area contributed by atoms with Crippen molar-refractivity contribution >= 4 is 39.8 Å². The van der Waals surface area contributed by atoms with Crippen LogP contribution in [-0.2, 0) is 0 Å². The van der Waals surface area contributed by atoms with E-state index in [1.807, 2.05) is 6.92 Å². The van der Waals surface area contributed by atoms with E-state index < -0.39 is 11.9 Å². The number of Topliss-reactive ketones (excluding diaryl/α,β-unsaturated/α-hetero) is 1. The van der Waals surface area contributed by atoms with Crippen LogP contribution in [0.15, 0.2) is 60.0 Å². The van der Waals surface area contributed by atoms with Gasteiger partial charge in [0, 0.05) is 24.2 Å². The molecule has 0 fully saturated rings. The molecule has 0 aliphatic rings.